The first kappa shape index (κ1) is 38.1. The number of hydrogen-bond acceptors (Lipinski definition) is 7. The van der Waals surface area contributed by atoms with Crippen LogP contribution >= 0.6 is 0 Å². The summed E-state index contributed by atoms with van der Waals surface area (Å²) in [6.45, 7) is 7.26. The van der Waals surface area contributed by atoms with E-state index >= 15 is 0 Å². The molecule has 1 unspecified atom stereocenters. The molecule has 1 atom stereocenters. The molecule has 9 nitrogen and oxygen atoms in total. The molecule has 0 saturated carbocycles. The van der Waals surface area contributed by atoms with Crippen molar-refractivity contribution in [2.45, 2.75) is 135 Å². The molecule has 2 rings (SSSR count). The molecule has 9 heteroatoms. The largest absolute Gasteiger partial charge is 0.455 e. The maximum Gasteiger partial charge on any atom is 0.316 e. The highest BCUT2D eigenvalue weighted by atomic mass is 16.6. The summed E-state index contributed by atoms with van der Waals surface area (Å²) in [4.78, 5) is 8.36. The summed E-state index contributed by atoms with van der Waals surface area (Å²) in [7, 11) is 0. The van der Waals surface area contributed by atoms with Gasteiger partial charge in [0.15, 0.2) is 0 Å². The van der Waals surface area contributed by atoms with Gasteiger partial charge >= 0.3 is 6.01 Å². The maximum atomic E-state index is 8.96. The summed E-state index contributed by atoms with van der Waals surface area (Å²) in [5.41, 5.74) is 0. The van der Waals surface area contributed by atoms with E-state index in [4.69, 9.17) is 24.1 Å². The normalized spacial score (nSPS) is 12.1. The molecule has 0 saturated heterocycles. The van der Waals surface area contributed by atoms with E-state index < -0.39 is 0 Å². The molecule has 0 aliphatic rings. The molecule has 44 heavy (non-hydrogen) atoms. The molecular weight excluding hydrogens is 556 g/mol. The van der Waals surface area contributed by atoms with E-state index in [0.29, 0.717) is 39.0 Å². The number of hydrogen-bond donors (Lipinski definition) is 1. The van der Waals surface area contributed by atoms with Crippen molar-refractivity contribution in [3.63, 3.8) is 0 Å². The third-order valence-corrected chi connectivity index (χ3v) is 7.75. The van der Waals surface area contributed by atoms with E-state index in [1.54, 1.807) is 18.5 Å². The molecule has 2 heterocycles. The van der Waals surface area contributed by atoms with Crippen molar-refractivity contribution in [2.24, 2.45) is 0 Å². The molecule has 2 aromatic rings. The molecule has 252 valence electrons. The van der Waals surface area contributed by atoms with Crippen LogP contribution < -0.4 is 9.30 Å². The Kier molecular flexibility index (Phi) is 24.6. The first-order valence-electron chi connectivity index (χ1n) is 17.6. The maximum absolute atomic E-state index is 8.96. The molecule has 2 aromatic heterocycles. The number of ether oxygens (including phenoxy) is 4. The molecular formula is C35H63N4O5+. The van der Waals surface area contributed by atoms with Gasteiger partial charge in [0.25, 0.3) is 0 Å². The van der Waals surface area contributed by atoms with Crippen molar-refractivity contribution < 1.29 is 28.6 Å². The third-order valence-electron chi connectivity index (χ3n) is 7.75. The molecule has 0 bridgehead atoms. The lowest BCUT2D eigenvalue weighted by Gasteiger charge is -2.18. The summed E-state index contributed by atoms with van der Waals surface area (Å²) in [6.07, 6.45) is 31.7. The lowest BCUT2D eigenvalue weighted by molar-refractivity contribution is -0.697. The Morgan fingerprint density at radius 3 is 1.89 bits per heavy atom. The summed E-state index contributed by atoms with van der Waals surface area (Å²) < 4.78 is 27.6. The number of aliphatic hydroxyl groups excluding tert-OH is 1. The van der Waals surface area contributed by atoms with Crippen LogP contribution in [0.15, 0.2) is 37.2 Å². The van der Waals surface area contributed by atoms with Gasteiger partial charge in [-0.2, -0.15) is 0 Å². The summed E-state index contributed by atoms with van der Waals surface area (Å²) in [6, 6.07) is 2.11. The number of aromatic nitrogens is 4. The van der Waals surface area contributed by atoms with E-state index in [2.05, 4.69) is 26.0 Å². The predicted molar refractivity (Wildman–Crippen MR) is 175 cm³/mol. The minimum Gasteiger partial charge on any atom is -0.455 e. The van der Waals surface area contributed by atoms with Crippen LogP contribution in [0.25, 0.3) is 0 Å². The highest BCUT2D eigenvalue weighted by Gasteiger charge is 2.13. The van der Waals surface area contributed by atoms with Crippen molar-refractivity contribution >= 4 is 0 Å². The molecule has 0 radical (unpaired) electrons. The molecule has 0 fully saturated rings. The summed E-state index contributed by atoms with van der Waals surface area (Å²) in [5, 5.41) is 8.96. The fourth-order valence-electron chi connectivity index (χ4n) is 5.14. The quantitative estimate of drug-likeness (QED) is 0.0719. The number of aryl methyl sites for hydroxylation is 1. The molecule has 0 aliphatic carbocycles. The Labute approximate surface area is 267 Å². The number of imidazole rings is 1. The molecule has 0 aliphatic heterocycles. The van der Waals surface area contributed by atoms with Gasteiger partial charge in [-0.25, -0.2) is 19.1 Å². The van der Waals surface area contributed by atoms with Crippen LogP contribution in [0.3, 0.4) is 0 Å². The number of rotatable bonds is 32. The highest BCUT2D eigenvalue weighted by molar-refractivity contribution is 4.94. The molecule has 0 spiro atoms. The van der Waals surface area contributed by atoms with Gasteiger partial charge in [0, 0.05) is 32.0 Å². The van der Waals surface area contributed by atoms with E-state index in [1.807, 2.05) is 18.7 Å². The topological polar surface area (TPSA) is 91.7 Å². The van der Waals surface area contributed by atoms with Crippen molar-refractivity contribution in [1.29, 1.82) is 0 Å². The van der Waals surface area contributed by atoms with Gasteiger partial charge in [0.1, 0.15) is 25.0 Å². The second kappa shape index (κ2) is 28.4. The zero-order valence-electron chi connectivity index (χ0n) is 27.8. The fraction of sp³-hybridized carbons (Fsp3) is 0.800. The van der Waals surface area contributed by atoms with E-state index in [1.165, 1.54) is 96.3 Å². The van der Waals surface area contributed by atoms with E-state index in [9.17, 15) is 0 Å². The standard InChI is InChI=1S/C35H63N4O5/c1-2-3-4-5-6-7-8-9-10-11-12-13-14-15-16-17-27-42-31-34(44-35-36-20-18-21-37-35)32-43-30-29-41-28-25-39-24-23-38(33-39)22-19-26-40/h18,20-21,23-24,33-34,40H,2-17,19,22,25-32H2,1H3/q+1. The predicted octanol–water partition coefficient (Wildman–Crippen LogP) is 6.71. The van der Waals surface area contributed by atoms with Gasteiger partial charge in [-0.3, -0.25) is 0 Å². The Morgan fingerprint density at radius 1 is 0.705 bits per heavy atom. The monoisotopic (exact) mass is 619 g/mol. The minimum atomic E-state index is -0.271. The number of aliphatic hydroxyl groups is 1. The first-order chi connectivity index (χ1) is 21.8. The highest BCUT2D eigenvalue weighted by Crippen LogP contribution is 2.14. The van der Waals surface area contributed by atoms with E-state index in [-0.39, 0.29) is 12.7 Å². The van der Waals surface area contributed by atoms with Gasteiger partial charge in [0.2, 0.25) is 6.33 Å². The SMILES string of the molecule is CCCCCCCCCCCCCCCCCCOCC(COCCOCCn1cc[n+](CCCO)c1)Oc1ncccn1. The van der Waals surface area contributed by atoms with Crippen LogP contribution in [-0.4, -0.2) is 72.0 Å². The van der Waals surface area contributed by atoms with Crippen LogP contribution in [0.1, 0.15) is 116 Å². The lowest BCUT2D eigenvalue weighted by Crippen LogP contribution is -2.31. The van der Waals surface area contributed by atoms with Crippen LogP contribution in [-0.2, 0) is 27.3 Å². The summed E-state index contributed by atoms with van der Waals surface area (Å²) >= 11 is 0. The average molecular weight is 620 g/mol. The van der Waals surface area contributed by atoms with Gasteiger partial charge < -0.3 is 24.1 Å². The minimum absolute atomic E-state index is 0.206. The third kappa shape index (κ3) is 21.6. The molecule has 0 aromatic carbocycles. The smallest absolute Gasteiger partial charge is 0.316 e. The second-order valence-corrected chi connectivity index (χ2v) is 11.8. The average Bonchev–Trinajstić information content (AvgIpc) is 3.50. The molecule has 0 amide bonds. The Bertz CT molecular complexity index is 870. The zero-order chi connectivity index (χ0) is 31.2. The van der Waals surface area contributed by atoms with Crippen LogP contribution in [0.4, 0.5) is 0 Å². The van der Waals surface area contributed by atoms with Crippen LogP contribution in [0.2, 0.25) is 0 Å². The fourth-order valence-corrected chi connectivity index (χ4v) is 5.14. The van der Waals surface area contributed by atoms with Crippen LogP contribution in [0, 0.1) is 0 Å². The number of unbranched alkanes of at least 4 members (excludes halogenated alkanes) is 15. The first-order valence-corrected chi connectivity index (χ1v) is 17.6. The Morgan fingerprint density at radius 2 is 1.27 bits per heavy atom. The molecule has 1 N–H and O–H groups in total. The van der Waals surface area contributed by atoms with Gasteiger partial charge in [0.05, 0.1) is 39.6 Å². The second-order valence-electron chi connectivity index (χ2n) is 11.8. The number of nitrogens with zero attached hydrogens (tertiary/aromatic N) is 4. The Balaban J connectivity index is 1.44. The van der Waals surface area contributed by atoms with Crippen LogP contribution in [0.5, 0.6) is 6.01 Å². The van der Waals surface area contributed by atoms with Crippen molar-refractivity contribution in [3.8, 4) is 6.01 Å². The van der Waals surface area contributed by atoms with Gasteiger partial charge in [-0.15, -0.1) is 0 Å². The van der Waals surface area contributed by atoms with Crippen molar-refractivity contribution in [3.05, 3.63) is 37.2 Å². The lowest BCUT2D eigenvalue weighted by atomic mass is 10.0. The van der Waals surface area contributed by atoms with Crippen molar-refractivity contribution in [1.82, 2.24) is 14.5 Å². The van der Waals surface area contributed by atoms with Gasteiger partial charge in [-0.1, -0.05) is 103 Å². The van der Waals surface area contributed by atoms with Gasteiger partial charge in [-0.05, 0) is 12.5 Å². The van der Waals surface area contributed by atoms with Crippen molar-refractivity contribution in [2.75, 3.05) is 46.2 Å². The summed E-state index contributed by atoms with van der Waals surface area (Å²) in [5.74, 6) is 0. The van der Waals surface area contributed by atoms with E-state index in [0.717, 1.165) is 32.5 Å². The zero-order valence-corrected chi connectivity index (χ0v) is 27.8. The Hall–Kier alpha value is -2.07.